The first kappa shape index (κ1) is 69.6. The summed E-state index contributed by atoms with van der Waals surface area (Å²) < 4.78 is 11.3. The highest BCUT2D eigenvalue weighted by Crippen LogP contribution is 2.23. The van der Waals surface area contributed by atoms with Gasteiger partial charge in [-0.1, -0.05) is 279 Å². The lowest BCUT2D eigenvalue weighted by Gasteiger charge is -2.40. The van der Waals surface area contributed by atoms with Gasteiger partial charge in [-0.3, -0.25) is 4.79 Å². The van der Waals surface area contributed by atoms with E-state index in [1.54, 1.807) is 0 Å². The molecule has 6 N–H and O–H groups in total. The van der Waals surface area contributed by atoms with E-state index in [0.717, 1.165) is 83.5 Å². The molecule has 0 saturated carbocycles. The molecule has 1 amide bonds. The van der Waals surface area contributed by atoms with Crippen LogP contribution in [0.5, 0.6) is 0 Å². The third-order valence-corrected chi connectivity index (χ3v) is 14.6. The summed E-state index contributed by atoms with van der Waals surface area (Å²) in [5.41, 5.74) is 0. The zero-order chi connectivity index (χ0) is 53.6. The topological polar surface area (TPSA) is 149 Å². The van der Waals surface area contributed by atoms with E-state index in [1.807, 2.05) is 0 Å². The van der Waals surface area contributed by atoms with Crippen molar-refractivity contribution in [3.63, 3.8) is 0 Å². The summed E-state index contributed by atoms with van der Waals surface area (Å²) in [6.45, 7) is 3.75. The first-order valence-electron chi connectivity index (χ1n) is 31.1. The minimum Gasteiger partial charge on any atom is -0.394 e. The average Bonchev–Trinajstić information content (AvgIpc) is 3.40. The Hall–Kier alpha value is -2.37. The van der Waals surface area contributed by atoms with Crippen LogP contribution in [0.25, 0.3) is 0 Å². The van der Waals surface area contributed by atoms with Crippen molar-refractivity contribution in [1.82, 2.24) is 5.32 Å². The minimum absolute atomic E-state index is 0.141. The molecule has 1 aliphatic heterocycles. The molecule has 7 unspecified atom stereocenters. The summed E-state index contributed by atoms with van der Waals surface area (Å²) in [7, 11) is 0. The molecule has 7 atom stereocenters. The van der Waals surface area contributed by atoms with Gasteiger partial charge in [-0.15, -0.1) is 0 Å². The quantitative estimate of drug-likeness (QED) is 0.0261. The molecule has 1 saturated heterocycles. The Balaban J connectivity index is 2.18. The molecule has 0 aliphatic carbocycles. The van der Waals surface area contributed by atoms with Crippen molar-refractivity contribution in [2.45, 2.75) is 320 Å². The van der Waals surface area contributed by atoms with E-state index in [4.69, 9.17) is 9.47 Å². The van der Waals surface area contributed by atoms with E-state index in [-0.39, 0.29) is 12.5 Å². The van der Waals surface area contributed by atoms with Gasteiger partial charge in [0.25, 0.3) is 0 Å². The third kappa shape index (κ3) is 42.7. The number of ether oxygens (including phenoxy) is 2. The van der Waals surface area contributed by atoms with Crippen molar-refractivity contribution in [2.24, 2.45) is 0 Å². The van der Waals surface area contributed by atoms with Crippen molar-refractivity contribution >= 4 is 5.91 Å². The predicted molar refractivity (Wildman–Crippen MR) is 313 cm³/mol. The molecule has 74 heavy (non-hydrogen) atoms. The van der Waals surface area contributed by atoms with Crippen molar-refractivity contribution in [3.05, 3.63) is 72.9 Å². The summed E-state index contributed by atoms with van der Waals surface area (Å²) in [6.07, 6.45) is 67.9. The molecule has 0 aromatic carbocycles. The van der Waals surface area contributed by atoms with Crippen LogP contribution in [-0.4, -0.2) is 87.5 Å². The molecule has 0 spiro atoms. The maximum absolute atomic E-state index is 13.1. The van der Waals surface area contributed by atoms with Crippen LogP contribution in [0.15, 0.2) is 72.9 Å². The molecular formula is C65H117NO8. The first-order valence-corrected chi connectivity index (χ1v) is 31.1. The average molecular weight is 1040 g/mol. The number of unbranched alkanes of at least 4 members (excludes halogenated alkanes) is 31. The lowest BCUT2D eigenvalue weighted by Crippen LogP contribution is -2.60. The number of nitrogens with one attached hydrogen (secondary N) is 1. The maximum Gasteiger partial charge on any atom is 0.220 e. The minimum atomic E-state index is -1.56. The molecule has 9 nitrogen and oxygen atoms in total. The van der Waals surface area contributed by atoms with Crippen LogP contribution in [0.2, 0.25) is 0 Å². The molecule has 1 fully saturated rings. The number of carbonyl (C=O) groups excluding carboxylic acids is 1. The summed E-state index contributed by atoms with van der Waals surface area (Å²) in [6, 6.07) is -0.726. The Morgan fingerprint density at radius 1 is 0.473 bits per heavy atom. The fourth-order valence-corrected chi connectivity index (χ4v) is 9.70. The van der Waals surface area contributed by atoms with E-state index in [9.17, 15) is 30.3 Å². The predicted octanol–water partition coefficient (Wildman–Crippen LogP) is 16.0. The van der Waals surface area contributed by atoms with E-state index < -0.39 is 49.5 Å². The lowest BCUT2D eigenvalue weighted by atomic mass is 9.99. The van der Waals surface area contributed by atoms with Crippen LogP contribution >= 0.6 is 0 Å². The standard InChI is InChI=1S/C65H117NO8/c1-3-5-7-9-11-13-15-17-19-21-23-25-27-28-29-30-31-32-33-35-37-39-41-43-45-47-49-51-53-55-61(69)66-58(57-73-65-64(72)63(71)62(70)60(56-67)74-65)59(68)54-52-50-48-46-44-42-40-38-36-34-26-24-22-20-18-16-14-12-10-8-6-4-2/h5,7,11,13,17,19,23,25,28-29,31-32,58-60,62-65,67-68,70-72H,3-4,6,8-10,12,14-16,18,20-22,24,26-27,30,33-57H2,1-2H3,(H,66,69)/b7-5-,13-11-,19-17-,25-23-,29-28-,32-31-. The van der Waals surface area contributed by atoms with Crippen LogP contribution in [0.4, 0.5) is 0 Å². The zero-order valence-corrected chi connectivity index (χ0v) is 47.8. The zero-order valence-electron chi connectivity index (χ0n) is 47.8. The van der Waals surface area contributed by atoms with Crippen LogP contribution < -0.4 is 5.32 Å². The normalized spacial score (nSPS) is 19.5. The number of hydrogen-bond acceptors (Lipinski definition) is 8. The van der Waals surface area contributed by atoms with Crippen molar-refractivity contribution in [2.75, 3.05) is 13.2 Å². The van der Waals surface area contributed by atoms with Gasteiger partial charge in [-0.05, 0) is 64.2 Å². The van der Waals surface area contributed by atoms with Gasteiger partial charge in [0.15, 0.2) is 6.29 Å². The fraction of sp³-hybridized carbons (Fsp3) is 0.800. The number of carbonyl (C=O) groups is 1. The highest BCUT2D eigenvalue weighted by Gasteiger charge is 2.44. The summed E-state index contributed by atoms with van der Waals surface area (Å²) in [4.78, 5) is 13.1. The van der Waals surface area contributed by atoms with Crippen LogP contribution in [0.1, 0.15) is 277 Å². The molecule has 0 aromatic heterocycles. The van der Waals surface area contributed by atoms with Crippen molar-refractivity contribution in [3.8, 4) is 0 Å². The smallest absolute Gasteiger partial charge is 0.220 e. The number of allylic oxidation sites excluding steroid dienone is 12. The van der Waals surface area contributed by atoms with Crippen LogP contribution in [0.3, 0.4) is 0 Å². The molecule has 0 radical (unpaired) electrons. The van der Waals surface area contributed by atoms with Crippen LogP contribution in [-0.2, 0) is 14.3 Å². The van der Waals surface area contributed by atoms with E-state index in [1.165, 1.54) is 167 Å². The van der Waals surface area contributed by atoms with Gasteiger partial charge in [0.05, 0.1) is 25.4 Å². The van der Waals surface area contributed by atoms with Crippen LogP contribution in [0, 0.1) is 0 Å². The molecule has 0 bridgehead atoms. The highest BCUT2D eigenvalue weighted by atomic mass is 16.7. The van der Waals surface area contributed by atoms with Gasteiger partial charge in [-0.2, -0.15) is 0 Å². The molecule has 1 rings (SSSR count). The second-order valence-corrected chi connectivity index (χ2v) is 21.5. The molecule has 9 heteroatoms. The van der Waals surface area contributed by atoms with Gasteiger partial charge < -0.3 is 40.3 Å². The Morgan fingerprint density at radius 3 is 1.24 bits per heavy atom. The molecule has 1 heterocycles. The number of aliphatic hydroxyl groups excluding tert-OH is 5. The van der Waals surface area contributed by atoms with Gasteiger partial charge in [0.2, 0.25) is 5.91 Å². The number of hydrogen-bond donors (Lipinski definition) is 6. The Bertz CT molecular complexity index is 1390. The number of rotatable bonds is 53. The molecule has 1 aliphatic rings. The van der Waals surface area contributed by atoms with Crippen molar-refractivity contribution in [1.29, 1.82) is 0 Å². The maximum atomic E-state index is 13.1. The third-order valence-electron chi connectivity index (χ3n) is 14.6. The van der Waals surface area contributed by atoms with Gasteiger partial charge >= 0.3 is 0 Å². The molecule has 430 valence electrons. The highest BCUT2D eigenvalue weighted by molar-refractivity contribution is 5.76. The molecule has 0 aromatic rings. The Labute approximate surface area is 455 Å². The summed E-state index contributed by atoms with van der Waals surface area (Å²) in [5.74, 6) is -0.149. The fourth-order valence-electron chi connectivity index (χ4n) is 9.70. The largest absolute Gasteiger partial charge is 0.394 e. The Morgan fingerprint density at radius 2 is 0.838 bits per heavy atom. The SMILES string of the molecule is CC/C=C\C/C=C\C/C=C\C/C=C\C/C=C\C/C=C\CCCCCCCCCCCCC(=O)NC(COC1OC(CO)C(O)C(O)C1O)C(O)CCCCCCCCCCCCCCCCCCCCCCCC. The summed E-state index contributed by atoms with van der Waals surface area (Å²) >= 11 is 0. The first-order chi connectivity index (χ1) is 36.3. The van der Waals surface area contributed by atoms with E-state index in [0.29, 0.717) is 12.8 Å². The van der Waals surface area contributed by atoms with Gasteiger partial charge in [0, 0.05) is 6.42 Å². The monoisotopic (exact) mass is 1040 g/mol. The lowest BCUT2D eigenvalue weighted by molar-refractivity contribution is -0.302. The second kappa shape index (κ2) is 54.0. The second-order valence-electron chi connectivity index (χ2n) is 21.5. The number of amides is 1. The van der Waals surface area contributed by atoms with E-state index >= 15 is 0 Å². The Kier molecular flexibility index (Phi) is 50.8. The van der Waals surface area contributed by atoms with Crippen molar-refractivity contribution < 1.29 is 39.8 Å². The molecular weight excluding hydrogens is 923 g/mol. The summed E-state index contributed by atoms with van der Waals surface area (Å²) in [5, 5.41) is 54.8. The van der Waals surface area contributed by atoms with Gasteiger partial charge in [-0.25, -0.2) is 0 Å². The van der Waals surface area contributed by atoms with Gasteiger partial charge in [0.1, 0.15) is 24.4 Å². The number of aliphatic hydroxyl groups is 5. The van der Waals surface area contributed by atoms with E-state index in [2.05, 4.69) is 92.1 Å².